The number of benzene rings is 2. The molecule has 0 unspecified atom stereocenters. The normalized spacial score (nSPS) is 10.8. The Bertz CT molecular complexity index is 980. The lowest BCUT2D eigenvalue weighted by atomic mass is 10.1. The van der Waals surface area contributed by atoms with Crippen molar-refractivity contribution in [2.45, 2.75) is 0 Å². The molecule has 0 amide bonds. The van der Waals surface area contributed by atoms with Gasteiger partial charge in [-0.2, -0.15) is 8.78 Å². The van der Waals surface area contributed by atoms with Crippen molar-refractivity contribution in [1.29, 1.82) is 0 Å². The molecule has 0 spiro atoms. The smallest absolute Gasteiger partial charge is 0.302 e. The number of nitrogens with zero attached hydrogens (tertiary/aromatic N) is 2. The monoisotopic (exact) mass is 444 g/mol. The molecule has 2 rings (SSSR count). The van der Waals surface area contributed by atoms with Crippen molar-refractivity contribution in [3.63, 3.8) is 0 Å². The van der Waals surface area contributed by atoms with E-state index >= 15 is 0 Å². The molecule has 158 valence electrons. The number of carbonyl (C=O) groups excluding carboxylic acids is 2. The maximum absolute atomic E-state index is 13.5. The third-order valence-electron chi connectivity index (χ3n) is 3.57. The minimum Gasteiger partial charge on any atom is -0.302 e. The number of Topliss-reactive ketones (excluding diaryl/α,β-unsaturated/α-hetero) is 2. The van der Waals surface area contributed by atoms with Gasteiger partial charge in [0.15, 0.2) is 11.6 Å². The molecule has 0 bridgehead atoms. The molecule has 14 heteroatoms. The Balaban J connectivity index is 1.87. The molecule has 0 aromatic heterocycles. The molecule has 2 aromatic rings. The molecular formula is C16H11F2N2O9P. The number of rotatable bonds is 10. The van der Waals surface area contributed by atoms with Gasteiger partial charge in [-0.15, -0.1) is 0 Å². The molecule has 0 aliphatic heterocycles. The number of hydrogen-bond acceptors (Lipinski definition) is 9. The Hall–Kier alpha value is -3.41. The highest BCUT2D eigenvalue weighted by molar-refractivity contribution is 7.33. The summed E-state index contributed by atoms with van der Waals surface area (Å²) in [5.41, 5.74) is -2.20. The van der Waals surface area contributed by atoms with Crippen molar-refractivity contribution in [2.24, 2.45) is 0 Å². The van der Waals surface area contributed by atoms with Crippen molar-refractivity contribution in [2.75, 3.05) is 13.2 Å². The summed E-state index contributed by atoms with van der Waals surface area (Å²) >= 11 is 0. The molecule has 0 aliphatic carbocycles. The predicted molar refractivity (Wildman–Crippen MR) is 95.7 cm³/mol. The molecule has 0 saturated carbocycles. The van der Waals surface area contributed by atoms with Gasteiger partial charge in [0.1, 0.15) is 13.2 Å². The van der Waals surface area contributed by atoms with Crippen LogP contribution in [0.15, 0.2) is 36.4 Å². The highest BCUT2D eigenvalue weighted by atomic mass is 31.1. The van der Waals surface area contributed by atoms with Crippen LogP contribution in [0, 0.1) is 31.9 Å². The average molecular weight is 444 g/mol. The van der Waals surface area contributed by atoms with Crippen LogP contribution in [0.4, 0.5) is 20.2 Å². The van der Waals surface area contributed by atoms with Crippen molar-refractivity contribution >= 4 is 31.2 Å². The first-order valence-corrected chi connectivity index (χ1v) is 9.06. The van der Waals surface area contributed by atoms with E-state index in [1.807, 2.05) is 0 Å². The summed E-state index contributed by atoms with van der Waals surface area (Å²) in [5, 5.41) is 21.1. The SMILES string of the molecule is O=C(CO[PH](=O)OCC(=O)c1ccc([N+](=O)[O-])c(F)c1)c1ccc([N+](=O)[O-])c(F)c1. The van der Waals surface area contributed by atoms with E-state index in [-0.39, 0.29) is 11.1 Å². The lowest BCUT2D eigenvalue weighted by Gasteiger charge is -2.06. The van der Waals surface area contributed by atoms with Gasteiger partial charge in [-0.25, -0.2) is 0 Å². The fourth-order valence-corrected chi connectivity index (χ4v) is 2.70. The van der Waals surface area contributed by atoms with E-state index in [9.17, 15) is 43.2 Å². The maximum atomic E-state index is 13.5. The van der Waals surface area contributed by atoms with Crippen molar-refractivity contribution < 1.29 is 41.8 Å². The fraction of sp³-hybridized carbons (Fsp3) is 0.125. The van der Waals surface area contributed by atoms with Crippen molar-refractivity contribution in [3.8, 4) is 0 Å². The van der Waals surface area contributed by atoms with Gasteiger partial charge in [0.05, 0.1) is 9.85 Å². The Morgan fingerprint density at radius 3 is 1.50 bits per heavy atom. The van der Waals surface area contributed by atoms with Gasteiger partial charge in [0, 0.05) is 23.3 Å². The molecule has 30 heavy (non-hydrogen) atoms. The number of halogens is 2. The molecule has 2 aromatic carbocycles. The molecule has 0 N–H and O–H groups in total. The topological polar surface area (TPSA) is 156 Å². The Kier molecular flexibility index (Phi) is 7.53. The van der Waals surface area contributed by atoms with E-state index in [0.29, 0.717) is 12.1 Å². The Morgan fingerprint density at radius 2 is 1.20 bits per heavy atom. The molecule has 0 radical (unpaired) electrons. The van der Waals surface area contributed by atoms with Crippen molar-refractivity contribution in [1.82, 2.24) is 0 Å². The van der Waals surface area contributed by atoms with Crippen LogP contribution in [-0.4, -0.2) is 34.6 Å². The second kappa shape index (κ2) is 9.87. The number of ketones is 2. The Morgan fingerprint density at radius 1 is 0.833 bits per heavy atom. The summed E-state index contributed by atoms with van der Waals surface area (Å²) in [7, 11) is -3.35. The number of nitro groups is 2. The van der Waals surface area contributed by atoms with Crippen LogP contribution in [0.5, 0.6) is 0 Å². The first-order chi connectivity index (χ1) is 14.1. The van der Waals surface area contributed by atoms with E-state index < -0.39 is 65.9 Å². The van der Waals surface area contributed by atoms with Crippen LogP contribution in [0.1, 0.15) is 20.7 Å². The minimum atomic E-state index is -3.35. The first-order valence-electron chi connectivity index (χ1n) is 7.84. The zero-order valence-electron chi connectivity index (χ0n) is 14.7. The summed E-state index contributed by atoms with van der Waals surface area (Å²) in [5.74, 6) is -4.18. The van der Waals surface area contributed by atoms with Gasteiger partial charge < -0.3 is 9.05 Å². The molecule has 0 saturated heterocycles. The fourth-order valence-electron chi connectivity index (χ4n) is 2.11. The van der Waals surface area contributed by atoms with Crippen LogP contribution in [-0.2, 0) is 13.6 Å². The van der Waals surface area contributed by atoms with Crippen molar-refractivity contribution in [3.05, 3.63) is 79.4 Å². The summed E-state index contributed by atoms with van der Waals surface area (Å²) in [6.45, 7) is -1.65. The predicted octanol–water partition coefficient (Wildman–Crippen LogP) is 3.27. The quantitative estimate of drug-likeness (QED) is 0.232. The standard InChI is InChI=1S/C16H11F2N2O9P/c17-11-5-9(1-3-13(11)19(23)24)15(21)7-28-30(27)29-8-16(22)10-2-4-14(20(25)26)12(18)6-10/h1-6,30H,7-8H2. The highest BCUT2D eigenvalue weighted by Crippen LogP contribution is 2.26. The molecule has 11 nitrogen and oxygen atoms in total. The summed E-state index contributed by atoms with van der Waals surface area (Å²) in [6, 6.07) is 4.77. The second-order valence-electron chi connectivity index (χ2n) is 5.52. The first kappa shape index (κ1) is 22.9. The molecular weight excluding hydrogens is 433 g/mol. The van der Waals surface area contributed by atoms with Crippen LogP contribution in [0.25, 0.3) is 0 Å². The van der Waals surface area contributed by atoms with Crippen LogP contribution < -0.4 is 0 Å². The zero-order valence-corrected chi connectivity index (χ0v) is 15.7. The van der Waals surface area contributed by atoms with Gasteiger partial charge in [-0.3, -0.25) is 34.4 Å². The van der Waals surface area contributed by atoms with Gasteiger partial charge in [-0.1, -0.05) is 0 Å². The average Bonchev–Trinajstić information content (AvgIpc) is 2.69. The third kappa shape index (κ3) is 5.80. The minimum absolute atomic E-state index is 0.273. The summed E-state index contributed by atoms with van der Waals surface area (Å²) in [4.78, 5) is 42.9. The number of carbonyl (C=O) groups is 2. The van der Waals surface area contributed by atoms with E-state index in [0.717, 1.165) is 24.3 Å². The largest absolute Gasteiger partial charge is 0.320 e. The second-order valence-corrected chi connectivity index (χ2v) is 6.60. The zero-order chi connectivity index (χ0) is 22.4. The van der Waals surface area contributed by atoms with Gasteiger partial charge >= 0.3 is 19.6 Å². The van der Waals surface area contributed by atoms with E-state index in [2.05, 4.69) is 9.05 Å². The maximum Gasteiger partial charge on any atom is 0.320 e. The third-order valence-corrected chi connectivity index (χ3v) is 4.34. The summed E-state index contributed by atoms with van der Waals surface area (Å²) in [6.07, 6.45) is 0. The lowest BCUT2D eigenvalue weighted by Crippen LogP contribution is -2.10. The summed E-state index contributed by atoms with van der Waals surface area (Å²) < 4.78 is 47.9. The van der Waals surface area contributed by atoms with E-state index in [4.69, 9.17) is 0 Å². The van der Waals surface area contributed by atoms with Gasteiger partial charge in [-0.05, 0) is 24.3 Å². The van der Waals surface area contributed by atoms with E-state index in [1.165, 1.54) is 0 Å². The number of hydrogen-bond donors (Lipinski definition) is 0. The highest BCUT2D eigenvalue weighted by Gasteiger charge is 2.19. The number of nitro benzene ring substituents is 2. The lowest BCUT2D eigenvalue weighted by molar-refractivity contribution is -0.387. The molecule has 0 heterocycles. The van der Waals surface area contributed by atoms with Crippen LogP contribution >= 0.6 is 8.25 Å². The van der Waals surface area contributed by atoms with Crippen LogP contribution in [0.3, 0.4) is 0 Å². The molecule has 0 fully saturated rings. The Labute approximate surface area is 166 Å². The van der Waals surface area contributed by atoms with E-state index in [1.54, 1.807) is 0 Å². The molecule has 0 atom stereocenters. The van der Waals surface area contributed by atoms with Gasteiger partial charge in [0.2, 0.25) is 11.6 Å². The van der Waals surface area contributed by atoms with Crippen LogP contribution in [0.2, 0.25) is 0 Å². The molecule has 0 aliphatic rings. The van der Waals surface area contributed by atoms with Gasteiger partial charge in [0.25, 0.3) is 0 Å².